The number of carbonyl (C=O) groups is 1. The zero-order valence-electron chi connectivity index (χ0n) is 15.0. The van der Waals surface area contributed by atoms with Gasteiger partial charge >= 0.3 is 6.09 Å². The Morgan fingerprint density at radius 1 is 1.23 bits per heavy atom. The van der Waals surface area contributed by atoms with Crippen molar-refractivity contribution in [2.75, 3.05) is 19.6 Å². The van der Waals surface area contributed by atoms with E-state index in [0.29, 0.717) is 17.9 Å². The highest BCUT2D eigenvalue weighted by molar-refractivity contribution is 5.68. The normalized spacial score (nSPS) is 29.4. The minimum atomic E-state index is -0.415. The van der Waals surface area contributed by atoms with Crippen LogP contribution in [0.25, 0.3) is 0 Å². The first-order valence-electron chi connectivity index (χ1n) is 8.97. The van der Waals surface area contributed by atoms with Crippen molar-refractivity contribution in [3.05, 3.63) is 0 Å². The first-order valence-corrected chi connectivity index (χ1v) is 8.97. The SMILES string of the molecule is CC(C)CNC1CN(C(=O)OC(C)(C)C)CC2CCCCC21. The maximum Gasteiger partial charge on any atom is 0.410 e. The van der Waals surface area contributed by atoms with Gasteiger partial charge in [-0.2, -0.15) is 0 Å². The summed E-state index contributed by atoms with van der Waals surface area (Å²) in [7, 11) is 0. The van der Waals surface area contributed by atoms with E-state index in [1.807, 2.05) is 25.7 Å². The Labute approximate surface area is 136 Å². The molecule has 1 saturated carbocycles. The molecule has 0 spiro atoms. The van der Waals surface area contributed by atoms with Crippen molar-refractivity contribution in [1.82, 2.24) is 10.2 Å². The van der Waals surface area contributed by atoms with E-state index in [2.05, 4.69) is 19.2 Å². The quantitative estimate of drug-likeness (QED) is 0.865. The zero-order valence-corrected chi connectivity index (χ0v) is 15.0. The molecule has 3 unspecified atom stereocenters. The topological polar surface area (TPSA) is 41.6 Å². The van der Waals surface area contributed by atoms with Crippen LogP contribution in [-0.2, 0) is 4.74 Å². The van der Waals surface area contributed by atoms with Crippen molar-refractivity contribution in [2.45, 2.75) is 71.9 Å². The van der Waals surface area contributed by atoms with Crippen LogP contribution in [0, 0.1) is 17.8 Å². The van der Waals surface area contributed by atoms with E-state index in [0.717, 1.165) is 25.6 Å². The molecule has 0 aromatic carbocycles. The van der Waals surface area contributed by atoms with E-state index >= 15 is 0 Å². The number of hydrogen-bond donors (Lipinski definition) is 1. The first-order chi connectivity index (χ1) is 10.3. The largest absolute Gasteiger partial charge is 0.444 e. The number of fused-ring (bicyclic) bond motifs is 1. The van der Waals surface area contributed by atoms with Gasteiger partial charge in [0.25, 0.3) is 0 Å². The van der Waals surface area contributed by atoms with Gasteiger partial charge in [0.1, 0.15) is 5.60 Å². The highest BCUT2D eigenvalue weighted by Gasteiger charge is 2.40. The lowest BCUT2D eigenvalue weighted by atomic mass is 9.72. The van der Waals surface area contributed by atoms with Crippen LogP contribution in [-0.4, -0.2) is 42.3 Å². The summed E-state index contributed by atoms with van der Waals surface area (Å²) in [6.45, 7) is 13.0. The summed E-state index contributed by atoms with van der Waals surface area (Å²) in [6, 6.07) is 0.425. The number of nitrogens with zero attached hydrogens (tertiary/aromatic N) is 1. The van der Waals surface area contributed by atoms with Gasteiger partial charge in [-0.05, 0) is 57.9 Å². The fourth-order valence-electron chi connectivity index (χ4n) is 3.80. The molecular weight excluding hydrogens is 276 g/mol. The van der Waals surface area contributed by atoms with Crippen molar-refractivity contribution in [2.24, 2.45) is 17.8 Å². The molecule has 1 saturated heterocycles. The van der Waals surface area contributed by atoms with Crippen LogP contribution in [0.1, 0.15) is 60.3 Å². The van der Waals surface area contributed by atoms with Gasteiger partial charge in [-0.25, -0.2) is 4.79 Å². The molecule has 3 atom stereocenters. The third-order valence-electron chi connectivity index (χ3n) is 4.80. The van der Waals surface area contributed by atoms with Crippen LogP contribution in [0.5, 0.6) is 0 Å². The number of amides is 1. The molecule has 1 heterocycles. The first kappa shape index (κ1) is 17.6. The van der Waals surface area contributed by atoms with E-state index in [-0.39, 0.29) is 6.09 Å². The third-order valence-corrected chi connectivity index (χ3v) is 4.80. The molecule has 1 amide bonds. The van der Waals surface area contributed by atoms with Crippen molar-refractivity contribution >= 4 is 6.09 Å². The molecule has 0 radical (unpaired) electrons. The standard InChI is InChI=1S/C18H34N2O2/c1-13(2)10-19-16-12-20(17(21)22-18(3,4)5)11-14-8-6-7-9-15(14)16/h13-16,19H,6-12H2,1-5H3. The van der Waals surface area contributed by atoms with Crippen LogP contribution in [0.3, 0.4) is 0 Å². The molecular formula is C18H34N2O2. The molecule has 4 nitrogen and oxygen atoms in total. The third kappa shape index (κ3) is 4.87. The summed E-state index contributed by atoms with van der Waals surface area (Å²) in [4.78, 5) is 14.4. The number of likely N-dealkylation sites (tertiary alicyclic amines) is 1. The molecule has 1 N–H and O–H groups in total. The fourth-order valence-corrected chi connectivity index (χ4v) is 3.80. The van der Waals surface area contributed by atoms with Crippen LogP contribution in [0.15, 0.2) is 0 Å². The van der Waals surface area contributed by atoms with Crippen molar-refractivity contribution < 1.29 is 9.53 Å². The van der Waals surface area contributed by atoms with Gasteiger partial charge in [-0.1, -0.05) is 26.7 Å². The van der Waals surface area contributed by atoms with Crippen molar-refractivity contribution in [1.29, 1.82) is 0 Å². The molecule has 0 aromatic rings. The Kier molecular flexibility index (Phi) is 5.76. The predicted octanol–water partition coefficient (Wildman–Crippen LogP) is 3.66. The second-order valence-electron chi connectivity index (χ2n) is 8.50. The Morgan fingerprint density at radius 2 is 1.91 bits per heavy atom. The van der Waals surface area contributed by atoms with Gasteiger partial charge in [-0.3, -0.25) is 0 Å². The molecule has 2 aliphatic rings. The summed E-state index contributed by atoms with van der Waals surface area (Å²) < 4.78 is 5.59. The lowest BCUT2D eigenvalue weighted by Crippen LogP contribution is -2.58. The maximum atomic E-state index is 12.4. The van der Waals surface area contributed by atoms with E-state index in [4.69, 9.17) is 4.74 Å². The van der Waals surface area contributed by atoms with Crippen LogP contribution in [0.4, 0.5) is 4.79 Å². The average Bonchev–Trinajstić information content (AvgIpc) is 2.42. The highest BCUT2D eigenvalue weighted by atomic mass is 16.6. The summed E-state index contributed by atoms with van der Waals surface area (Å²) >= 11 is 0. The number of piperidine rings is 1. The Hall–Kier alpha value is -0.770. The summed E-state index contributed by atoms with van der Waals surface area (Å²) in [5.41, 5.74) is -0.415. The molecule has 22 heavy (non-hydrogen) atoms. The van der Waals surface area contributed by atoms with Gasteiger partial charge in [0.2, 0.25) is 0 Å². The molecule has 4 heteroatoms. The Bertz CT molecular complexity index is 376. The number of nitrogens with one attached hydrogen (secondary N) is 1. The molecule has 1 aliphatic heterocycles. The van der Waals surface area contributed by atoms with Crippen LogP contribution >= 0.6 is 0 Å². The average molecular weight is 310 g/mol. The molecule has 1 aliphatic carbocycles. The number of carbonyl (C=O) groups excluding carboxylic acids is 1. The monoisotopic (exact) mass is 310 g/mol. The van der Waals surface area contributed by atoms with Crippen LogP contribution in [0.2, 0.25) is 0 Å². The molecule has 2 rings (SSSR count). The second kappa shape index (κ2) is 7.20. The van der Waals surface area contributed by atoms with Gasteiger partial charge in [0.15, 0.2) is 0 Å². The minimum Gasteiger partial charge on any atom is -0.444 e. The summed E-state index contributed by atoms with van der Waals surface area (Å²) in [5, 5.41) is 3.72. The van der Waals surface area contributed by atoms with Crippen molar-refractivity contribution in [3.8, 4) is 0 Å². The maximum absolute atomic E-state index is 12.4. The fraction of sp³-hybridized carbons (Fsp3) is 0.944. The Morgan fingerprint density at radius 3 is 2.55 bits per heavy atom. The van der Waals surface area contributed by atoms with Gasteiger partial charge in [0, 0.05) is 19.1 Å². The number of rotatable bonds is 3. The summed E-state index contributed by atoms with van der Waals surface area (Å²) in [5.74, 6) is 2.00. The molecule has 2 fully saturated rings. The van der Waals surface area contributed by atoms with E-state index < -0.39 is 5.60 Å². The zero-order chi connectivity index (χ0) is 16.3. The van der Waals surface area contributed by atoms with Gasteiger partial charge in [0.05, 0.1) is 0 Å². The van der Waals surface area contributed by atoms with E-state index in [9.17, 15) is 4.79 Å². The second-order valence-corrected chi connectivity index (χ2v) is 8.50. The van der Waals surface area contributed by atoms with Gasteiger partial charge in [-0.15, -0.1) is 0 Å². The van der Waals surface area contributed by atoms with Crippen LogP contribution < -0.4 is 5.32 Å². The lowest BCUT2D eigenvalue weighted by molar-refractivity contribution is -0.00345. The minimum absolute atomic E-state index is 0.145. The number of hydrogen-bond acceptors (Lipinski definition) is 3. The lowest BCUT2D eigenvalue weighted by Gasteiger charge is -2.46. The Balaban J connectivity index is 2.02. The molecule has 128 valence electrons. The highest BCUT2D eigenvalue weighted by Crippen LogP contribution is 2.36. The van der Waals surface area contributed by atoms with E-state index in [1.54, 1.807) is 0 Å². The predicted molar refractivity (Wildman–Crippen MR) is 89.9 cm³/mol. The summed E-state index contributed by atoms with van der Waals surface area (Å²) in [6.07, 6.45) is 5.06. The van der Waals surface area contributed by atoms with Gasteiger partial charge < -0.3 is 15.0 Å². The molecule has 0 aromatic heterocycles. The van der Waals surface area contributed by atoms with Crippen molar-refractivity contribution in [3.63, 3.8) is 0 Å². The molecule has 0 bridgehead atoms. The van der Waals surface area contributed by atoms with E-state index in [1.165, 1.54) is 25.7 Å². The number of ether oxygens (including phenoxy) is 1. The smallest absolute Gasteiger partial charge is 0.410 e.